The van der Waals surface area contributed by atoms with Gasteiger partial charge in [-0.15, -0.1) is 0 Å². The van der Waals surface area contributed by atoms with Gasteiger partial charge < -0.3 is 14.7 Å². The summed E-state index contributed by atoms with van der Waals surface area (Å²) in [4.78, 5) is 30.7. The molecule has 0 radical (unpaired) electrons. The van der Waals surface area contributed by atoms with Crippen LogP contribution in [0.3, 0.4) is 0 Å². The van der Waals surface area contributed by atoms with E-state index in [-0.39, 0.29) is 23.9 Å². The van der Waals surface area contributed by atoms with Gasteiger partial charge in [0.15, 0.2) is 0 Å². The summed E-state index contributed by atoms with van der Waals surface area (Å²) in [5.74, 6) is 0.309. The third-order valence-electron chi connectivity index (χ3n) is 4.43. The van der Waals surface area contributed by atoms with Gasteiger partial charge >= 0.3 is 0 Å². The van der Waals surface area contributed by atoms with Crippen molar-refractivity contribution in [1.82, 2.24) is 14.7 Å². The summed E-state index contributed by atoms with van der Waals surface area (Å²) in [5, 5.41) is 0. The van der Waals surface area contributed by atoms with Gasteiger partial charge in [-0.1, -0.05) is 0 Å². The number of carbonyl (C=O) groups is 2. The maximum atomic E-state index is 12.6. The maximum Gasteiger partial charge on any atom is 0.246 e. The summed E-state index contributed by atoms with van der Waals surface area (Å²) in [6.45, 7) is 4.37. The zero-order chi connectivity index (χ0) is 14.7. The Morgan fingerprint density at radius 1 is 1.15 bits per heavy atom. The second kappa shape index (κ2) is 6.57. The fourth-order valence-electron chi connectivity index (χ4n) is 3.22. The summed E-state index contributed by atoms with van der Waals surface area (Å²) >= 11 is 0. The lowest BCUT2D eigenvalue weighted by atomic mass is 9.95. The number of unbranched alkanes of at least 4 members (excludes halogenated alkanes) is 1. The Hall–Kier alpha value is -1.10. The van der Waals surface area contributed by atoms with Gasteiger partial charge in [-0.2, -0.15) is 0 Å². The highest BCUT2D eigenvalue weighted by atomic mass is 16.2. The van der Waals surface area contributed by atoms with Crippen LogP contribution in [0.2, 0.25) is 0 Å². The van der Waals surface area contributed by atoms with Crippen LogP contribution in [0, 0.1) is 0 Å². The fraction of sp³-hybridized carbons (Fsp3) is 0.867. The van der Waals surface area contributed by atoms with Crippen LogP contribution in [-0.2, 0) is 9.59 Å². The third kappa shape index (κ3) is 3.14. The van der Waals surface area contributed by atoms with Crippen molar-refractivity contribution in [3.05, 3.63) is 0 Å². The van der Waals surface area contributed by atoms with Gasteiger partial charge in [0.25, 0.3) is 0 Å². The van der Waals surface area contributed by atoms with Crippen LogP contribution in [0.5, 0.6) is 0 Å². The second-order valence-corrected chi connectivity index (χ2v) is 6.26. The van der Waals surface area contributed by atoms with Crippen molar-refractivity contribution in [1.29, 1.82) is 0 Å². The molecule has 2 aliphatic heterocycles. The number of rotatable bonds is 5. The van der Waals surface area contributed by atoms with E-state index < -0.39 is 0 Å². The third-order valence-corrected chi connectivity index (χ3v) is 4.43. The number of carbonyl (C=O) groups excluding carboxylic acids is 2. The zero-order valence-corrected chi connectivity index (χ0v) is 13.0. The van der Waals surface area contributed by atoms with Crippen LogP contribution in [0.25, 0.3) is 0 Å². The molecule has 2 unspecified atom stereocenters. The van der Waals surface area contributed by atoms with Gasteiger partial charge in [0.1, 0.15) is 12.1 Å². The number of fused-ring (bicyclic) bond motifs is 1. The molecule has 0 aromatic carbocycles. The quantitative estimate of drug-likeness (QED) is 0.705. The van der Waals surface area contributed by atoms with E-state index in [0.29, 0.717) is 6.54 Å². The first-order chi connectivity index (χ1) is 9.52. The predicted molar refractivity (Wildman–Crippen MR) is 78.3 cm³/mol. The molecular formula is C15H27N3O2. The van der Waals surface area contributed by atoms with E-state index in [1.807, 2.05) is 16.7 Å². The van der Waals surface area contributed by atoms with Crippen LogP contribution >= 0.6 is 0 Å². The highest BCUT2D eigenvalue weighted by Crippen LogP contribution is 2.26. The van der Waals surface area contributed by atoms with Crippen LogP contribution in [0.4, 0.5) is 0 Å². The normalized spacial score (nSPS) is 27.2. The fourth-order valence-corrected chi connectivity index (χ4v) is 3.22. The van der Waals surface area contributed by atoms with Crippen LogP contribution in [0.1, 0.15) is 39.0 Å². The Morgan fingerprint density at radius 3 is 2.60 bits per heavy atom. The Bertz CT molecular complexity index is 370. The topological polar surface area (TPSA) is 43.9 Å². The monoisotopic (exact) mass is 281 g/mol. The molecule has 2 saturated heterocycles. The van der Waals surface area contributed by atoms with E-state index in [4.69, 9.17) is 0 Å². The van der Waals surface area contributed by atoms with Gasteiger partial charge in [0.05, 0.1) is 0 Å². The predicted octanol–water partition coefficient (Wildman–Crippen LogP) is 0.940. The van der Waals surface area contributed by atoms with Crippen LogP contribution < -0.4 is 0 Å². The van der Waals surface area contributed by atoms with E-state index in [1.165, 1.54) is 0 Å². The van der Waals surface area contributed by atoms with Crippen molar-refractivity contribution in [2.45, 2.75) is 51.1 Å². The lowest BCUT2D eigenvalue weighted by Gasteiger charge is -2.46. The van der Waals surface area contributed by atoms with Crippen molar-refractivity contribution in [2.75, 3.05) is 33.7 Å². The summed E-state index contributed by atoms with van der Waals surface area (Å²) in [7, 11) is 4.11. The Balaban J connectivity index is 1.94. The molecule has 0 aromatic heterocycles. The van der Waals surface area contributed by atoms with Crippen LogP contribution in [-0.4, -0.2) is 72.3 Å². The number of piperazine rings is 1. The SMILES string of the molecule is CC1C(=O)N2CCCCC2C(=O)N1CCCCN(C)C. The van der Waals surface area contributed by atoms with E-state index in [1.54, 1.807) is 0 Å². The number of amides is 2. The number of hydrogen-bond donors (Lipinski definition) is 0. The standard InChI is InChI=1S/C15H27N3O2/c1-12-14(19)18-11-5-4-8-13(18)15(20)17(12)10-7-6-9-16(2)3/h12-13H,4-11H2,1-3H3. The van der Waals surface area contributed by atoms with Gasteiger partial charge in [-0.05, 0) is 59.7 Å². The van der Waals surface area contributed by atoms with Gasteiger partial charge in [0.2, 0.25) is 11.8 Å². The first-order valence-electron chi connectivity index (χ1n) is 7.78. The Labute approximate surface area is 121 Å². The molecule has 2 rings (SSSR count). The summed E-state index contributed by atoms with van der Waals surface area (Å²) in [5.41, 5.74) is 0. The highest BCUT2D eigenvalue weighted by molar-refractivity contribution is 5.96. The lowest BCUT2D eigenvalue weighted by Crippen LogP contribution is -2.65. The van der Waals surface area contributed by atoms with E-state index >= 15 is 0 Å². The minimum Gasteiger partial charge on any atom is -0.329 e. The molecule has 5 heteroatoms. The zero-order valence-electron chi connectivity index (χ0n) is 13.0. The molecule has 0 saturated carbocycles. The van der Waals surface area contributed by atoms with Crippen molar-refractivity contribution in [3.63, 3.8) is 0 Å². The Morgan fingerprint density at radius 2 is 1.90 bits per heavy atom. The van der Waals surface area contributed by atoms with E-state index in [9.17, 15) is 9.59 Å². The molecule has 0 bridgehead atoms. The Kier molecular flexibility index (Phi) is 5.02. The summed E-state index contributed by atoms with van der Waals surface area (Å²) in [6, 6.07) is -0.461. The van der Waals surface area contributed by atoms with Crippen LogP contribution in [0.15, 0.2) is 0 Å². The molecule has 0 spiro atoms. The minimum atomic E-state index is -0.281. The number of piperidine rings is 1. The number of hydrogen-bond acceptors (Lipinski definition) is 3. The first-order valence-corrected chi connectivity index (χ1v) is 7.78. The van der Waals surface area contributed by atoms with E-state index in [0.717, 1.165) is 45.2 Å². The smallest absolute Gasteiger partial charge is 0.246 e. The molecular weight excluding hydrogens is 254 g/mol. The van der Waals surface area contributed by atoms with Gasteiger partial charge in [-0.25, -0.2) is 0 Å². The minimum absolute atomic E-state index is 0.141. The number of nitrogens with zero attached hydrogens (tertiary/aromatic N) is 3. The van der Waals surface area contributed by atoms with Crippen molar-refractivity contribution < 1.29 is 9.59 Å². The molecule has 2 fully saturated rings. The van der Waals surface area contributed by atoms with Crippen molar-refractivity contribution in [2.24, 2.45) is 0 Å². The molecule has 0 aliphatic carbocycles. The average Bonchev–Trinajstić information content (AvgIpc) is 2.44. The maximum absolute atomic E-state index is 12.6. The molecule has 2 aliphatic rings. The highest BCUT2D eigenvalue weighted by Gasteiger charge is 2.44. The average molecular weight is 281 g/mol. The molecule has 20 heavy (non-hydrogen) atoms. The molecule has 2 heterocycles. The molecule has 2 atom stereocenters. The second-order valence-electron chi connectivity index (χ2n) is 6.26. The van der Waals surface area contributed by atoms with Gasteiger partial charge in [0, 0.05) is 13.1 Å². The van der Waals surface area contributed by atoms with Crippen molar-refractivity contribution >= 4 is 11.8 Å². The largest absolute Gasteiger partial charge is 0.329 e. The van der Waals surface area contributed by atoms with E-state index in [2.05, 4.69) is 19.0 Å². The first kappa shape index (κ1) is 15.3. The summed E-state index contributed by atoms with van der Waals surface area (Å²) in [6.07, 6.45) is 4.96. The summed E-state index contributed by atoms with van der Waals surface area (Å²) < 4.78 is 0. The molecule has 5 nitrogen and oxygen atoms in total. The van der Waals surface area contributed by atoms with Crippen molar-refractivity contribution in [3.8, 4) is 0 Å². The van der Waals surface area contributed by atoms with Gasteiger partial charge in [-0.3, -0.25) is 9.59 Å². The lowest BCUT2D eigenvalue weighted by molar-refractivity contribution is -0.162. The molecule has 114 valence electrons. The molecule has 2 amide bonds. The molecule has 0 aromatic rings. The molecule has 0 N–H and O–H groups in total.